The lowest BCUT2D eigenvalue weighted by atomic mass is 10.1. The standard InChI is InChI=1S/C16H10F2O3/c17-12-6-7-14(18)13(9-12)15(19)8-3-10-1-4-11(5-2-10)16(20)21/h1-9H,(H,20,21)/b8-3+. The van der Waals surface area contributed by atoms with Gasteiger partial charge in [0.25, 0.3) is 0 Å². The molecule has 0 radical (unpaired) electrons. The van der Waals surface area contributed by atoms with Gasteiger partial charge < -0.3 is 5.11 Å². The van der Waals surface area contributed by atoms with Crippen molar-refractivity contribution in [1.82, 2.24) is 0 Å². The van der Waals surface area contributed by atoms with E-state index in [1.165, 1.54) is 30.3 Å². The Hall–Kier alpha value is -2.82. The van der Waals surface area contributed by atoms with Gasteiger partial charge in [-0.15, -0.1) is 0 Å². The fraction of sp³-hybridized carbons (Fsp3) is 0. The lowest BCUT2D eigenvalue weighted by Crippen LogP contribution is -1.99. The third-order valence-electron chi connectivity index (χ3n) is 2.78. The maximum Gasteiger partial charge on any atom is 0.335 e. The maximum absolute atomic E-state index is 13.4. The van der Waals surface area contributed by atoms with Crippen LogP contribution in [0.1, 0.15) is 26.3 Å². The van der Waals surface area contributed by atoms with Gasteiger partial charge in [-0.2, -0.15) is 0 Å². The van der Waals surface area contributed by atoms with Gasteiger partial charge in [-0.3, -0.25) is 4.79 Å². The molecule has 0 spiro atoms. The fourth-order valence-electron chi connectivity index (χ4n) is 1.68. The molecule has 2 aromatic carbocycles. The van der Waals surface area contributed by atoms with Gasteiger partial charge in [0.05, 0.1) is 11.1 Å². The van der Waals surface area contributed by atoms with E-state index >= 15 is 0 Å². The minimum Gasteiger partial charge on any atom is -0.478 e. The quantitative estimate of drug-likeness (QED) is 0.691. The first kappa shape index (κ1) is 14.6. The predicted molar refractivity (Wildman–Crippen MR) is 73.1 cm³/mol. The lowest BCUT2D eigenvalue weighted by molar-refractivity contribution is 0.0696. The van der Waals surface area contributed by atoms with Gasteiger partial charge in [0.2, 0.25) is 0 Å². The third-order valence-corrected chi connectivity index (χ3v) is 2.78. The zero-order chi connectivity index (χ0) is 15.4. The molecule has 1 N–H and O–H groups in total. The number of carbonyl (C=O) groups is 2. The number of benzene rings is 2. The highest BCUT2D eigenvalue weighted by molar-refractivity contribution is 6.07. The van der Waals surface area contributed by atoms with Gasteiger partial charge >= 0.3 is 5.97 Å². The van der Waals surface area contributed by atoms with Crippen LogP contribution in [0.3, 0.4) is 0 Å². The van der Waals surface area contributed by atoms with Crippen molar-refractivity contribution >= 4 is 17.8 Å². The summed E-state index contributed by atoms with van der Waals surface area (Å²) in [5.41, 5.74) is 0.341. The van der Waals surface area contributed by atoms with Crippen molar-refractivity contribution in [2.75, 3.05) is 0 Å². The van der Waals surface area contributed by atoms with Gasteiger partial charge in [-0.05, 0) is 42.0 Å². The Kier molecular flexibility index (Phi) is 4.23. The Balaban J connectivity index is 2.18. The number of halogens is 2. The highest BCUT2D eigenvalue weighted by Gasteiger charge is 2.10. The van der Waals surface area contributed by atoms with E-state index in [4.69, 9.17) is 5.11 Å². The van der Waals surface area contributed by atoms with Crippen LogP contribution in [0.2, 0.25) is 0 Å². The molecule has 3 nitrogen and oxygen atoms in total. The molecule has 0 aromatic heterocycles. The predicted octanol–water partition coefficient (Wildman–Crippen LogP) is 3.56. The van der Waals surface area contributed by atoms with Gasteiger partial charge in [0, 0.05) is 0 Å². The van der Waals surface area contributed by atoms with Crippen molar-refractivity contribution in [2.45, 2.75) is 0 Å². The Labute approximate surface area is 119 Å². The molecule has 21 heavy (non-hydrogen) atoms. The average molecular weight is 288 g/mol. The van der Waals surface area contributed by atoms with Gasteiger partial charge in [-0.1, -0.05) is 18.2 Å². The number of hydrogen-bond acceptors (Lipinski definition) is 2. The normalized spacial score (nSPS) is 10.8. The van der Waals surface area contributed by atoms with E-state index in [-0.39, 0.29) is 11.1 Å². The molecule has 0 saturated carbocycles. The summed E-state index contributed by atoms with van der Waals surface area (Å²) in [6.45, 7) is 0. The first-order valence-corrected chi connectivity index (χ1v) is 5.98. The first-order valence-electron chi connectivity index (χ1n) is 5.98. The minimum atomic E-state index is -1.05. The number of ketones is 1. The molecule has 0 aliphatic carbocycles. The summed E-state index contributed by atoms with van der Waals surface area (Å²) in [5, 5.41) is 8.75. The summed E-state index contributed by atoms with van der Waals surface area (Å²) >= 11 is 0. The molecule has 0 amide bonds. The van der Waals surface area contributed by atoms with Crippen LogP contribution in [-0.2, 0) is 0 Å². The number of hydrogen-bond donors (Lipinski definition) is 1. The topological polar surface area (TPSA) is 54.4 Å². The van der Waals surface area contributed by atoms with Crippen molar-refractivity contribution in [3.63, 3.8) is 0 Å². The summed E-state index contributed by atoms with van der Waals surface area (Å²) in [6, 6.07) is 8.43. The molecule has 106 valence electrons. The van der Waals surface area contributed by atoms with Crippen LogP contribution in [0.15, 0.2) is 48.5 Å². The molecule has 0 saturated heterocycles. The van der Waals surface area contributed by atoms with Crippen molar-refractivity contribution in [2.24, 2.45) is 0 Å². The lowest BCUT2D eigenvalue weighted by Gasteiger charge is -1.99. The van der Waals surface area contributed by atoms with Gasteiger partial charge in [0.1, 0.15) is 11.6 Å². The van der Waals surface area contributed by atoms with Crippen molar-refractivity contribution in [3.05, 3.63) is 76.9 Å². The van der Waals surface area contributed by atoms with E-state index in [1.807, 2.05) is 0 Å². The summed E-state index contributed by atoms with van der Waals surface area (Å²) < 4.78 is 26.4. The Morgan fingerprint density at radius 2 is 1.67 bits per heavy atom. The molecule has 5 heteroatoms. The molecular formula is C16H10F2O3. The number of rotatable bonds is 4. The number of carbonyl (C=O) groups excluding carboxylic acids is 1. The van der Waals surface area contributed by atoms with E-state index in [9.17, 15) is 18.4 Å². The molecule has 2 aromatic rings. The average Bonchev–Trinajstić information content (AvgIpc) is 2.47. The van der Waals surface area contributed by atoms with Gasteiger partial charge in [-0.25, -0.2) is 13.6 Å². The zero-order valence-corrected chi connectivity index (χ0v) is 10.7. The molecule has 2 rings (SSSR count). The molecule has 0 atom stereocenters. The number of carboxylic acids is 1. The molecule has 0 unspecified atom stereocenters. The van der Waals surface area contributed by atoms with E-state index in [1.54, 1.807) is 0 Å². The molecule has 0 aliphatic rings. The Morgan fingerprint density at radius 1 is 1.00 bits per heavy atom. The number of allylic oxidation sites excluding steroid dienone is 1. The van der Waals surface area contributed by atoms with Crippen LogP contribution in [0.5, 0.6) is 0 Å². The maximum atomic E-state index is 13.4. The zero-order valence-electron chi connectivity index (χ0n) is 10.7. The van der Waals surface area contributed by atoms with Crippen molar-refractivity contribution in [1.29, 1.82) is 0 Å². The second-order valence-electron chi connectivity index (χ2n) is 4.25. The van der Waals surface area contributed by atoms with Crippen LogP contribution >= 0.6 is 0 Å². The summed E-state index contributed by atoms with van der Waals surface area (Å²) in [6.07, 6.45) is 2.51. The van der Waals surface area contributed by atoms with E-state index in [0.717, 1.165) is 24.3 Å². The molecular weight excluding hydrogens is 278 g/mol. The Bertz CT molecular complexity index is 719. The summed E-state index contributed by atoms with van der Waals surface area (Å²) in [7, 11) is 0. The Morgan fingerprint density at radius 3 is 2.29 bits per heavy atom. The molecule has 0 fully saturated rings. The number of aromatic carboxylic acids is 1. The van der Waals surface area contributed by atoms with Crippen molar-refractivity contribution < 1.29 is 23.5 Å². The molecule has 0 bridgehead atoms. The highest BCUT2D eigenvalue weighted by atomic mass is 19.1. The van der Waals surface area contributed by atoms with Crippen LogP contribution in [-0.4, -0.2) is 16.9 Å². The van der Waals surface area contributed by atoms with E-state index in [2.05, 4.69) is 0 Å². The highest BCUT2D eigenvalue weighted by Crippen LogP contribution is 2.12. The smallest absolute Gasteiger partial charge is 0.335 e. The van der Waals surface area contributed by atoms with Gasteiger partial charge in [0.15, 0.2) is 5.78 Å². The van der Waals surface area contributed by atoms with Crippen LogP contribution in [0, 0.1) is 11.6 Å². The van der Waals surface area contributed by atoms with Crippen LogP contribution in [0.25, 0.3) is 6.08 Å². The van der Waals surface area contributed by atoms with Crippen LogP contribution < -0.4 is 0 Å². The SMILES string of the molecule is O=C(O)c1ccc(/C=C/C(=O)c2cc(F)ccc2F)cc1. The monoisotopic (exact) mass is 288 g/mol. The number of carboxylic acid groups (broad SMARTS) is 1. The second kappa shape index (κ2) is 6.09. The fourth-order valence-corrected chi connectivity index (χ4v) is 1.68. The van der Waals surface area contributed by atoms with E-state index < -0.39 is 23.4 Å². The van der Waals surface area contributed by atoms with Crippen molar-refractivity contribution in [3.8, 4) is 0 Å². The third kappa shape index (κ3) is 3.60. The largest absolute Gasteiger partial charge is 0.478 e. The second-order valence-corrected chi connectivity index (χ2v) is 4.25. The first-order chi connectivity index (χ1) is 9.97. The summed E-state index contributed by atoms with van der Waals surface area (Å²) in [4.78, 5) is 22.5. The summed E-state index contributed by atoms with van der Waals surface area (Å²) in [5.74, 6) is -3.22. The van der Waals surface area contributed by atoms with E-state index in [0.29, 0.717) is 5.56 Å². The molecule has 0 heterocycles. The minimum absolute atomic E-state index is 0.120. The van der Waals surface area contributed by atoms with Crippen LogP contribution in [0.4, 0.5) is 8.78 Å². The molecule has 0 aliphatic heterocycles.